The molecule has 0 saturated heterocycles. The maximum Gasteiger partial charge on any atom is 0.333 e. The minimum Gasteiger partial charge on any atom is -0.460 e. The van der Waals surface area contributed by atoms with Gasteiger partial charge in [0.2, 0.25) is 0 Å². The Morgan fingerprint density at radius 1 is 1.32 bits per heavy atom. The van der Waals surface area contributed by atoms with E-state index in [1.165, 1.54) is 5.56 Å². The summed E-state index contributed by atoms with van der Waals surface area (Å²) in [5.41, 5.74) is 2.11. The normalized spacial score (nSPS) is 19.2. The molecule has 0 amide bonds. The number of esters is 1. The molecule has 1 aliphatic carbocycles. The van der Waals surface area contributed by atoms with Gasteiger partial charge in [0.05, 0.1) is 6.10 Å². The van der Waals surface area contributed by atoms with Crippen LogP contribution in [-0.4, -0.2) is 12.1 Å². The first-order chi connectivity index (χ1) is 9.06. The maximum absolute atomic E-state index is 11.8. The molecular weight excluding hydrogens is 260 g/mol. The molecule has 3 heteroatoms. The number of carbonyl (C=O) groups excluding carboxylic acids is 1. The third kappa shape index (κ3) is 3.84. The van der Waals surface area contributed by atoms with E-state index in [-0.39, 0.29) is 12.1 Å². The topological polar surface area (TPSA) is 26.3 Å². The molecule has 2 rings (SSSR count). The second-order valence-electron chi connectivity index (χ2n) is 5.21. The molecule has 0 aromatic heterocycles. The van der Waals surface area contributed by atoms with Gasteiger partial charge in [0.25, 0.3) is 0 Å². The quantitative estimate of drug-likeness (QED) is 0.762. The average molecular weight is 279 g/mol. The monoisotopic (exact) mass is 278 g/mol. The van der Waals surface area contributed by atoms with Gasteiger partial charge in [0.15, 0.2) is 0 Å². The minimum absolute atomic E-state index is 0.0533. The molecule has 1 atom stereocenters. The van der Waals surface area contributed by atoms with Gasteiger partial charge < -0.3 is 4.74 Å². The van der Waals surface area contributed by atoms with Crippen LogP contribution in [0.2, 0.25) is 5.02 Å². The van der Waals surface area contributed by atoms with E-state index in [1.807, 2.05) is 32.1 Å². The highest BCUT2D eigenvalue weighted by molar-refractivity contribution is 6.30. The Morgan fingerprint density at radius 3 is 2.53 bits per heavy atom. The van der Waals surface area contributed by atoms with Crippen LogP contribution in [0.5, 0.6) is 0 Å². The largest absolute Gasteiger partial charge is 0.460 e. The number of hydrogen-bond donors (Lipinski definition) is 0. The van der Waals surface area contributed by atoms with E-state index >= 15 is 0 Å². The summed E-state index contributed by atoms with van der Waals surface area (Å²) in [6.07, 6.45) is 4.64. The highest BCUT2D eigenvalue weighted by Crippen LogP contribution is 2.33. The Balaban J connectivity index is 1.99. The molecule has 0 saturated carbocycles. The van der Waals surface area contributed by atoms with Crippen molar-refractivity contribution in [1.29, 1.82) is 0 Å². The number of halogens is 1. The molecule has 2 nitrogen and oxygen atoms in total. The van der Waals surface area contributed by atoms with Crippen molar-refractivity contribution in [3.63, 3.8) is 0 Å². The average Bonchev–Trinajstić information content (AvgIpc) is 2.39. The molecule has 19 heavy (non-hydrogen) atoms. The summed E-state index contributed by atoms with van der Waals surface area (Å²) in [4.78, 5) is 11.8. The second kappa shape index (κ2) is 6.25. The molecular formula is C16H19ClO2. The van der Waals surface area contributed by atoms with Crippen LogP contribution in [0.1, 0.15) is 44.6 Å². The lowest BCUT2D eigenvalue weighted by molar-refractivity contribution is -0.142. The van der Waals surface area contributed by atoms with Crippen LogP contribution in [0.3, 0.4) is 0 Å². The fraction of sp³-hybridized carbons (Fsp3) is 0.438. The fourth-order valence-electron chi connectivity index (χ4n) is 2.35. The van der Waals surface area contributed by atoms with Crippen LogP contribution in [0.25, 0.3) is 0 Å². The lowest BCUT2D eigenvalue weighted by Gasteiger charge is -2.22. The van der Waals surface area contributed by atoms with Gasteiger partial charge in [0.1, 0.15) is 0 Å². The molecule has 1 aliphatic rings. The van der Waals surface area contributed by atoms with Crippen molar-refractivity contribution < 1.29 is 9.53 Å². The number of allylic oxidation sites excluding steroid dienone is 1. The molecule has 0 N–H and O–H groups in total. The van der Waals surface area contributed by atoms with E-state index in [0.717, 1.165) is 29.9 Å². The molecule has 102 valence electrons. The van der Waals surface area contributed by atoms with E-state index < -0.39 is 0 Å². The molecule has 0 fully saturated rings. The van der Waals surface area contributed by atoms with Crippen molar-refractivity contribution in [3.05, 3.63) is 46.5 Å². The number of rotatable bonds is 3. The van der Waals surface area contributed by atoms with Gasteiger partial charge in [0, 0.05) is 10.6 Å². The van der Waals surface area contributed by atoms with Crippen molar-refractivity contribution in [2.75, 3.05) is 0 Å². The zero-order chi connectivity index (χ0) is 13.8. The first-order valence-corrected chi connectivity index (χ1v) is 7.09. The molecule has 0 radical (unpaired) electrons. The summed E-state index contributed by atoms with van der Waals surface area (Å²) in [5, 5.41) is 0.760. The van der Waals surface area contributed by atoms with E-state index in [1.54, 1.807) is 0 Å². The molecule has 0 spiro atoms. The van der Waals surface area contributed by atoms with Crippen LogP contribution < -0.4 is 0 Å². The number of hydrogen-bond acceptors (Lipinski definition) is 2. The van der Waals surface area contributed by atoms with Gasteiger partial charge in [-0.2, -0.15) is 0 Å². The van der Waals surface area contributed by atoms with Gasteiger partial charge in [-0.25, -0.2) is 4.79 Å². The van der Waals surface area contributed by atoms with E-state index in [2.05, 4.69) is 12.1 Å². The Hall–Kier alpha value is -1.28. The van der Waals surface area contributed by atoms with Crippen LogP contribution in [0.4, 0.5) is 0 Å². The molecule has 1 aromatic carbocycles. The number of benzene rings is 1. The summed E-state index contributed by atoms with van der Waals surface area (Å²) in [6.45, 7) is 3.75. The highest BCUT2D eigenvalue weighted by Gasteiger charge is 2.21. The Labute approximate surface area is 119 Å². The predicted octanol–water partition coefficient (Wildman–Crippen LogP) is 4.49. The van der Waals surface area contributed by atoms with Crippen LogP contribution in [0.15, 0.2) is 35.9 Å². The molecule has 0 heterocycles. The van der Waals surface area contributed by atoms with E-state index in [9.17, 15) is 4.79 Å². The number of ether oxygens (including phenoxy) is 1. The van der Waals surface area contributed by atoms with Crippen molar-refractivity contribution in [1.82, 2.24) is 0 Å². The smallest absolute Gasteiger partial charge is 0.333 e. The van der Waals surface area contributed by atoms with E-state index in [0.29, 0.717) is 5.92 Å². The van der Waals surface area contributed by atoms with Crippen LogP contribution >= 0.6 is 11.6 Å². The van der Waals surface area contributed by atoms with Crippen molar-refractivity contribution in [2.45, 2.75) is 45.1 Å². The van der Waals surface area contributed by atoms with Crippen LogP contribution in [-0.2, 0) is 9.53 Å². The summed E-state index contributed by atoms with van der Waals surface area (Å²) in [7, 11) is 0. The molecule has 1 unspecified atom stereocenters. The Bertz CT molecular complexity index is 474. The minimum atomic E-state index is -0.162. The Kier molecular flexibility index (Phi) is 4.65. The zero-order valence-corrected chi connectivity index (χ0v) is 12.1. The molecule has 1 aromatic rings. The van der Waals surface area contributed by atoms with Gasteiger partial charge >= 0.3 is 5.97 Å². The third-order valence-electron chi connectivity index (χ3n) is 3.36. The number of carbonyl (C=O) groups is 1. The third-order valence-corrected chi connectivity index (χ3v) is 3.61. The van der Waals surface area contributed by atoms with Crippen LogP contribution in [0, 0.1) is 0 Å². The van der Waals surface area contributed by atoms with Gasteiger partial charge in [-0.3, -0.25) is 0 Å². The second-order valence-corrected chi connectivity index (χ2v) is 5.64. The standard InChI is InChI=1S/C16H19ClO2/c1-11(2)19-16(18)14-5-3-12(4-6-14)13-7-9-15(17)10-8-13/h5,7-12H,3-4,6H2,1-2H3. The Morgan fingerprint density at radius 2 is 2.00 bits per heavy atom. The molecule has 0 bridgehead atoms. The van der Waals surface area contributed by atoms with Crippen molar-refractivity contribution in [3.8, 4) is 0 Å². The first kappa shape index (κ1) is 14.1. The zero-order valence-electron chi connectivity index (χ0n) is 11.4. The fourth-order valence-corrected chi connectivity index (χ4v) is 2.47. The first-order valence-electron chi connectivity index (χ1n) is 6.71. The van der Waals surface area contributed by atoms with Gasteiger partial charge in [-0.15, -0.1) is 0 Å². The van der Waals surface area contributed by atoms with E-state index in [4.69, 9.17) is 16.3 Å². The highest BCUT2D eigenvalue weighted by atomic mass is 35.5. The lowest BCUT2D eigenvalue weighted by atomic mass is 9.84. The maximum atomic E-state index is 11.8. The summed E-state index contributed by atoms with van der Waals surface area (Å²) in [6, 6.07) is 7.98. The predicted molar refractivity (Wildman–Crippen MR) is 77.4 cm³/mol. The summed E-state index contributed by atoms with van der Waals surface area (Å²) < 4.78 is 5.22. The summed E-state index contributed by atoms with van der Waals surface area (Å²) >= 11 is 5.89. The van der Waals surface area contributed by atoms with Gasteiger partial charge in [-0.1, -0.05) is 29.8 Å². The molecule has 0 aliphatic heterocycles. The van der Waals surface area contributed by atoms with Crippen molar-refractivity contribution in [2.24, 2.45) is 0 Å². The van der Waals surface area contributed by atoms with Gasteiger partial charge in [-0.05, 0) is 56.7 Å². The summed E-state index contributed by atoms with van der Waals surface area (Å²) in [5.74, 6) is 0.317. The lowest BCUT2D eigenvalue weighted by Crippen LogP contribution is -2.16. The van der Waals surface area contributed by atoms with Crippen molar-refractivity contribution >= 4 is 17.6 Å². The SMILES string of the molecule is CC(C)OC(=O)C1=CCC(c2ccc(Cl)cc2)CC1.